The van der Waals surface area contributed by atoms with Crippen LogP contribution in [0.25, 0.3) is 0 Å². The molecule has 2 N–H and O–H groups in total. The van der Waals surface area contributed by atoms with Crippen LogP contribution in [0, 0.1) is 6.92 Å². The largest absolute Gasteiger partial charge is 0.325 e. The molecular formula is C20H18N2O2S2. The predicted octanol–water partition coefficient (Wildman–Crippen LogP) is 5.04. The molecule has 0 fully saturated rings. The summed E-state index contributed by atoms with van der Waals surface area (Å²) in [7, 11) is 0. The molecule has 0 aliphatic heterocycles. The van der Waals surface area contributed by atoms with Crippen LogP contribution >= 0.6 is 23.1 Å². The summed E-state index contributed by atoms with van der Waals surface area (Å²) in [6.45, 7) is 2.01. The molecule has 0 aliphatic carbocycles. The van der Waals surface area contributed by atoms with Crippen LogP contribution in [0.2, 0.25) is 0 Å². The topological polar surface area (TPSA) is 58.2 Å². The highest BCUT2D eigenvalue weighted by atomic mass is 32.2. The molecule has 0 saturated heterocycles. The monoisotopic (exact) mass is 382 g/mol. The van der Waals surface area contributed by atoms with E-state index in [2.05, 4.69) is 10.6 Å². The molecule has 0 atom stereocenters. The Hall–Kier alpha value is -2.57. The van der Waals surface area contributed by atoms with Gasteiger partial charge in [0.15, 0.2) is 0 Å². The van der Waals surface area contributed by atoms with Crippen molar-refractivity contribution in [3.63, 3.8) is 0 Å². The molecule has 132 valence electrons. The van der Waals surface area contributed by atoms with E-state index in [1.807, 2.05) is 66.9 Å². The lowest BCUT2D eigenvalue weighted by molar-refractivity contribution is -0.113. The Bertz CT molecular complexity index is 890. The average molecular weight is 383 g/mol. The van der Waals surface area contributed by atoms with Crippen molar-refractivity contribution in [2.75, 3.05) is 16.4 Å². The number of thioether (sulfide) groups is 1. The van der Waals surface area contributed by atoms with Crippen LogP contribution in [0.15, 0.2) is 70.9 Å². The van der Waals surface area contributed by atoms with E-state index in [1.54, 1.807) is 6.07 Å². The number of thiophene rings is 1. The predicted molar refractivity (Wildman–Crippen MR) is 109 cm³/mol. The zero-order valence-electron chi connectivity index (χ0n) is 14.2. The first-order valence-corrected chi connectivity index (χ1v) is 9.91. The molecule has 1 heterocycles. The highest BCUT2D eigenvalue weighted by Crippen LogP contribution is 2.23. The summed E-state index contributed by atoms with van der Waals surface area (Å²) in [5.74, 6) is 0.113. The fourth-order valence-corrected chi connectivity index (χ4v) is 3.62. The lowest BCUT2D eigenvalue weighted by Gasteiger charge is -2.08. The van der Waals surface area contributed by atoms with Crippen molar-refractivity contribution in [2.24, 2.45) is 0 Å². The lowest BCUT2D eigenvalue weighted by Crippen LogP contribution is -2.14. The fraction of sp³-hybridized carbons (Fsp3) is 0.100. The van der Waals surface area contributed by atoms with Crippen molar-refractivity contribution in [1.82, 2.24) is 0 Å². The van der Waals surface area contributed by atoms with E-state index in [0.717, 1.165) is 16.1 Å². The van der Waals surface area contributed by atoms with E-state index in [1.165, 1.54) is 23.1 Å². The van der Waals surface area contributed by atoms with Crippen LogP contribution in [0.3, 0.4) is 0 Å². The number of nitrogens with one attached hydrogen (secondary N) is 2. The van der Waals surface area contributed by atoms with Crippen LogP contribution in [-0.2, 0) is 4.79 Å². The maximum absolute atomic E-state index is 12.1. The number of aryl methyl sites for hydroxylation is 1. The smallest absolute Gasteiger partial charge is 0.265 e. The summed E-state index contributed by atoms with van der Waals surface area (Å²) in [6.07, 6.45) is 0. The maximum atomic E-state index is 12.1. The number of anilines is 2. The Morgan fingerprint density at radius 2 is 1.77 bits per heavy atom. The normalized spacial score (nSPS) is 10.3. The third-order valence-electron chi connectivity index (χ3n) is 3.54. The number of rotatable bonds is 6. The summed E-state index contributed by atoms with van der Waals surface area (Å²) < 4.78 is 0. The van der Waals surface area contributed by atoms with Gasteiger partial charge in [0.1, 0.15) is 0 Å². The van der Waals surface area contributed by atoms with Gasteiger partial charge in [0.25, 0.3) is 5.91 Å². The molecule has 2 amide bonds. The van der Waals surface area contributed by atoms with Gasteiger partial charge in [0.2, 0.25) is 5.91 Å². The molecule has 1 aromatic heterocycles. The minimum atomic E-state index is -0.126. The van der Waals surface area contributed by atoms with Gasteiger partial charge in [-0.1, -0.05) is 29.8 Å². The Morgan fingerprint density at radius 1 is 0.962 bits per heavy atom. The standard InChI is InChI=1S/C20H18N2O2S2/c1-14-7-9-15(10-8-14)21-19(23)13-26-17-5-2-4-16(12-17)22-20(24)18-6-3-11-25-18/h2-12H,13H2,1H3,(H,21,23)(H,22,24). The number of hydrogen-bond acceptors (Lipinski definition) is 4. The minimum Gasteiger partial charge on any atom is -0.325 e. The quantitative estimate of drug-likeness (QED) is 0.587. The Morgan fingerprint density at radius 3 is 2.50 bits per heavy atom. The van der Waals surface area contributed by atoms with Crippen molar-refractivity contribution < 1.29 is 9.59 Å². The average Bonchev–Trinajstić information content (AvgIpc) is 3.17. The first-order valence-electron chi connectivity index (χ1n) is 8.04. The van der Waals surface area contributed by atoms with Gasteiger partial charge >= 0.3 is 0 Å². The van der Waals surface area contributed by atoms with Crippen molar-refractivity contribution in [3.05, 3.63) is 76.5 Å². The third-order valence-corrected chi connectivity index (χ3v) is 5.40. The van der Waals surface area contributed by atoms with Crippen molar-refractivity contribution >= 4 is 46.3 Å². The molecule has 0 unspecified atom stereocenters. The fourth-order valence-electron chi connectivity index (χ4n) is 2.25. The van der Waals surface area contributed by atoms with E-state index >= 15 is 0 Å². The number of carbonyl (C=O) groups is 2. The van der Waals surface area contributed by atoms with Gasteiger partial charge in [-0.05, 0) is 48.7 Å². The zero-order valence-corrected chi connectivity index (χ0v) is 15.8. The molecule has 2 aromatic carbocycles. The molecule has 6 heteroatoms. The second-order valence-corrected chi connectivity index (χ2v) is 7.66. The molecule has 0 radical (unpaired) electrons. The van der Waals surface area contributed by atoms with E-state index in [-0.39, 0.29) is 11.8 Å². The minimum absolute atomic E-state index is 0.0631. The van der Waals surface area contributed by atoms with Gasteiger partial charge in [0, 0.05) is 16.3 Å². The van der Waals surface area contributed by atoms with Crippen LogP contribution in [-0.4, -0.2) is 17.6 Å². The first-order chi connectivity index (χ1) is 12.6. The number of hydrogen-bond donors (Lipinski definition) is 2. The Kier molecular flexibility index (Phi) is 6.09. The molecule has 3 rings (SSSR count). The van der Waals surface area contributed by atoms with Crippen LogP contribution in [0.1, 0.15) is 15.2 Å². The molecule has 0 saturated carbocycles. The molecule has 0 spiro atoms. The van der Waals surface area contributed by atoms with E-state index in [0.29, 0.717) is 16.3 Å². The van der Waals surface area contributed by atoms with Crippen LogP contribution < -0.4 is 10.6 Å². The summed E-state index contributed by atoms with van der Waals surface area (Å²) in [4.78, 5) is 25.8. The van der Waals surface area contributed by atoms with Gasteiger partial charge in [-0.2, -0.15) is 0 Å². The van der Waals surface area contributed by atoms with E-state index < -0.39 is 0 Å². The molecule has 26 heavy (non-hydrogen) atoms. The van der Waals surface area contributed by atoms with Gasteiger partial charge in [-0.25, -0.2) is 0 Å². The third kappa shape index (κ3) is 5.21. The first kappa shape index (κ1) is 18.2. The Balaban J connectivity index is 1.54. The van der Waals surface area contributed by atoms with Crippen molar-refractivity contribution in [2.45, 2.75) is 11.8 Å². The summed E-state index contributed by atoms with van der Waals surface area (Å²) in [5, 5.41) is 7.62. The molecular weight excluding hydrogens is 364 g/mol. The molecule has 3 aromatic rings. The summed E-state index contributed by atoms with van der Waals surface area (Å²) in [5.41, 5.74) is 2.66. The van der Waals surface area contributed by atoms with Gasteiger partial charge in [-0.15, -0.1) is 23.1 Å². The van der Waals surface area contributed by atoms with Crippen molar-refractivity contribution in [1.29, 1.82) is 0 Å². The summed E-state index contributed by atoms with van der Waals surface area (Å²) >= 11 is 2.83. The second kappa shape index (κ2) is 8.69. The Labute approximate surface area is 160 Å². The van der Waals surface area contributed by atoms with E-state index in [9.17, 15) is 9.59 Å². The van der Waals surface area contributed by atoms with E-state index in [4.69, 9.17) is 0 Å². The summed E-state index contributed by atoms with van der Waals surface area (Å²) in [6, 6.07) is 18.8. The van der Waals surface area contributed by atoms with Crippen molar-refractivity contribution in [3.8, 4) is 0 Å². The van der Waals surface area contributed by atoms with Crippen LogP contribution in [0.5, 0.6) is 0 Å². The highest BCUT2D eigenvalue weighted by molar-refractivity contribution is 8.00. The number of benzene rings is 2. The molecule has 4 nitrogen and oxygen atoms in total. The second-order valence-electron chi connectivity index (χ2n) is 5.66. The molecule has 0 bridgehead atoms. The van der Waals surface area contributed by atoms with Crippen LogP contribution in [0.4, 0.5) is 11.4 Å². The number of carbonyl (C=O) groups excluding carboxylic acids is 2. The SMILES string of the molecule is Cc1ccc(NC(=O)CSc2cccc(NC(=O)c3cccs3)c2)cc1. The number of amides is 2. The van der Waals surface area contributed by atoms with Gasteiger partial charge in [0.05, 0.1) is 10.6 Å². The lowest BCUT2D eigenvalue weighted by atomic mass is 10.2. The van der Waals surface area contributed by atoms with Gasteiger partial charge < -0.3 is 10.6 Å². The van der Waals surface area contributed by atoms with Gasteiger partial charge in [-0.3, -0.25) is 9.59 Å². The maximum Gasteiger partial charge on any atom is 0.265 e. The highest BCUT2D eigenvalue weighted by Gasteiger charge is 2.08. The zero-order chi connectivity index (χ0) is 18.4. The molecule has 0 aliphatic rings.